The zero-order valence-electron chi connectivity index (χ0n) is 10.6. The summed E-state index contributed by atoms with van der Waals surface area (Å²) < 4.78 is 18.0. The average Bonchev–Trinajstić information content (AvgIpc) is 3.01. The van der Waals surface area contributed by atoms with Gasteiger partial charge in [0.1, 0.15) is 18.2 Å². The van der Waals surface area contributed by atoms with Crippen LogP contribution in [0, 0.1) is 0 Å². The molecule has 1 aliphatic carbocycles. The topological polar surface area (TPSA) is 123 Å². The van der Waals surface area contributed by atoms with Gasteiger partial charge in [0, 0.05) is 12.1 Å². The van der Waals surface area contributed by atoms with Crippen molar-refractivity contribution in [2.45, 2.75) is 24.9 Å². The Bertz CT molecular complexity index is 691. The summed E-state index contributed by atoms with van der Waals surface area (Å²) in [5.74, 6) is 0.396. The van der Waals surface area contributed by atoms with E-state index in [-0.39, 0.29) is 0 Å². The van der Waals surface area contributed by atoms with Crippen molar-refractivity contribution in [1.29, 1.82) is 0 Å². The summed E-state index contributed by atoms with van der Waals surface area (Å²) in [5.41, 5.74) is 6.87. The molecule has 1 saturated carbocycles. The minimum atomic E-state index is -4.14. The summed E-state index contributed by atoms with van der Waals surface area (Å²) in [4.78, 5) is 21.7. The number of anilines is 1. The number of nitrogens with zero attached hydrogens (tertiary/aromatic N) is 3. The number of fused-ring (bicyclic) bond motifs is 1. The van der Waals surface area contributed by atoms with E-state index in [0.717, 1.165) is 18.5 Å². The number of hydrogen-bond acceptors (Lipinski definition) is 5. The highest BCUT2D eigenvalue weighted by atomic mass is 31.2. The first-order valence-electron chi connectivity index (χ1n) is 6.14. The van der Waals surface area contributed by atoms with Crippen LogP contribution in [0.4, 0.5) is 5.82 Å². The minimum absolute atomic E-state index is 0.396. The Labute approximate surface area is 114 Å². The molecule has 0 atom stereocenters. The molecule has 20 heavy (non-hydrogen) atoms. The van der Waals surface area contributed by atoms with E-state index in [1.165, 1.54) is 6.33 Å². The number of nitrogens with two attached hydrogens (primary N) is 1. The molecule has 0 unspecified atom stereocenters. The molecule has 0 bridgehead atoms. The van der Waals surface area contributed by atoms with Gasteiger partial charge in [-0.15, -0.1) is 0 Å². The fourth-order valence-corrected chi connectivity index (χ4v) is 2.65. The van der Waals surface area contributed by atoms with Gasteiger partial charge < -0.3 is 20.3 Å². The molecule has 0 aliphatic heterocycles. The second kappa shape index (κ2) is 4.53. The van der Waals surface area contributed by atoms with Crippen LogP contribution in [-0.4, -0.2) is 36.3 Å². The third kappa shape index (κ3) is 2.69. The lowest BCUT2D eigenvalue weighted by molar-refractivity contribution is 0.0535. The highest BCUT2D eigenvalue weighted by molar-refractivity contribution is 7.51. The van der Waals surface area contributed by atoms with E-state index >= 15 is 0 Å². The number of ether oxygens (including phenoxy) is 1. The molecule has 2 aromatic rings. The molecule has 1 aliphatic rings. The highest BCUT2D eigenvalue weighted by Crippen LogP contribution is 2.46. The van der Waals surface area contributed by atoms with Crippen LogP contribution in [-0.2, 0) is 15.7 Å². The average molecular weight is 298 g/mol. The highest BCUT2D eigenvalue weighted by Gasteiger charge is 2.45. The van der Waals surface area contributed by atoms with Crippen LogP contribution in [0.1, 0.15) is 18.5 Å². The number of aromatic nitrogens is 3. The molecule has 1 fully saturated rings. The standard InChI is InChI=1S/C11H15N4O4P/c12-10-9-2-1-8(15(9)14-6-13-10)5-11(3-4-11)19-7-20(16,17)18/h1-2,6H,3-5,7H2,(H2,12,13,14)(H2,16,17,18). The Hall–Kier alpha value is -1.47. The summed E-state index contributed by atoms with van der Waals surface area (Å²) in [5, 5.41) is 4.14. The molecule has 0 spiro atoms. The first-order chi connectivity index (χ1) is 9.39. The molecule has 2 aromatic heterocycles. The quantitative estimate of drug-likeness (QED) is 0.688. The van der Waals surface area contributed by atoms with Crippen molar-refractivity contribution >= 4 is 18.9 Å². The van der Waals surface area contributed by atoms with E-state index < -0.39 is 19.5 Å². The van der Waals surface area contributed by atoms with E-state index in [1.807, 2.05) is 12.1 Å². The molecule has 8 nitrogen and oxygen atoms in total. The van der Waals surface area contributed by atoms with Crippen molar-refractivity contribution in [3.63, 3.8) is 0 Å². The Morgan fingerprint density at radius 2 is 2.20 bits per heavy atom. The maximum absolute atomic E-state index is 10.9. The Morgan fingerprint density at radius 3 is 2.85 bits per heavy atom. The second-order valence-corrected chi connectivity index (χ2v) is 6.65. The van der Waals surface area contributed by atoms with Crippen LogP contribution in [0.5, 0.6) is 0 Å². The first-order valence-corrected chi connectivity index (χ1v) is 7.94. The summed E-state index contributed by atoms with van der Waals surface area (Å²) in [6, 6.07) is 3.70. The van der Waals surface area contributed by atoms with Gasteiger partial charge >= 0.3 is 7.60 Å². The van der Waals surface area contributed by atoms with Gasteiger partial charge in [0.15, 0.2) is 5.82 Å². The van der Waals surface area contributed by atoms with Crippen LogP contribution in [0.25, 0.3) is 5.52 Å². The van der Waals surface area contributed by atoms with Crippen LogP contribution in [0.3, 0.4) is 0 Å². The summed E-state index contributed by atoms with van der Waals surface area (Å²) in [6.07, 6.45) is 2.93. The van der Waals surface area contributed by atoms with Gasteiger partial charge in [0.25, 0.3) is 0 Å². The van der Waals surface area contributed by atoms with Crippen molar-refractivity contribution < 1.29 is 19.1 Å². The molecule has 9 heteroatoms. The Morgan fingerprint density at radius 1 is 1.45 bits per heavy atom. The van der Waals surface area contributed by atoms with Gasteiger partial charge in [0.2, 0.25) is 0 Å². The molecule has 108 valence electrons. The van der Waals surface area contributed by atoms with E-state index in [4.69, 9.17) is 20.3 Å². The maximum atomic E-state index is 10.9. The third-order valence-corrected chi connectivity index (χ3v) is 3.88. The molecular weight excluding hydrogens is 283 g/mol. The van der Waals surface area contributed by atoms with Crippen molar-refractivity contribution in [2.24, 2.45) is 0 Å². The molecule has 3 rings (SSSR count). The van der Waals surface area contributed by atoms with E-state index in [1.54, 1.807) is 4.52 Å². The molecule has 0 aromatic carbocycles. The fraction of sp³-hybridized carbons (Fsp3) is 0.455. The van der Waals surface area contributed by atoms with Crippen LogP contribution in [0.2, 0.25) is 0 Å². The summed E-state index contributed by atoms with van der Waals surface area (Å²) in [7, 11) is -4.14. The number of hydrogen-bond donors (Lipinski definition) is 3. The largest absolute Gasteiger partial charge is 0.382 e. The summed E-state index contributed by atoms with van der Waals surface area (Å²) >= 11 is 0. The zero-order chi connectivity index (χ0) is 14.4. The van der Waals surface area contributed by atoms with Gasteiger partial charge in [0.05, 0.1) is 5.60 Å². The van der Waals surface area contributed by atoms with E-state index in [0.29, 0.717) is 17.8 Å². The number of nitrogen functional groups attached to an aromatic ring is 1. The van der Waals surface area contributed by atoms with Gasteiger partial charge in [-0.25, -0.2) is 9.50 Å². The molecule has 4 N–H and O–H groups in total. The smallest absolute Gasteiger partial charge is 0.351 e. The van der Waals surface area contributed by atoms with E-state index in [2.05, 4.69) is 10.1 Å². The molecule has 0 amide bonds. The molecule has 2 heterocycles. The van der Waals surface area contributed by atoms with Crippen molar-refractivity contribution in [2.75, 3.05) is 12.1 Å². The zero-order valence-corrected chi connectivity index (χ0v) is 11.5. The lowest BCUT2D eigenvalue weighted by Gasteiger charge is -2.16. The van der Waals surface area contributed by atoms with Crippen molar-refractivity contribution in [3.8, 4) is 0 Å². The predicted octanol–water partition coefficient (Wildman–Crippen LogP) is 0.538. The normalized spacial score (nSPS) is 17.5. The van der Waals surface area contributed by atoms with Gasteiger partial charge in [-0.2, -0.15) is 5.10 Å². The van der Waals surface area contributed by atoms with E-state index in [9.17, 15) is 4.57 Å². The van der Waals surface area contributed by atoms with Gasteiger partial charge in [-0.05, 0) is 25.0 Å². The van der Waals surface area contributed by atoms with Crippen molar-refractivity contribution in [1.82, 2.24) is 14.6 Å². The minimum Gasteiger partial charge on any atom is -0.382 e. The monoisotopic (exact) mass is 298 g/mol. The van der Waals surface area contributed by atoms with Gasteiger partial charge in [-0.3, -0.25) is 4.57 Å². The molecule has 0 saturated heterocycles. The van der Waals surface area contributed by atoms with Crippen LogP contribution in [0.15, 0.2) is 18.5 Å². The molecular formula is C11H15N4O4P. The predicted molar refractivity (Wildman–Crippen MR) is 71.1 cm³/mol. The SMILES string of the molecule is Nc1ncnn2c(CC3(OCP(=O)(O)O)CC3)ccc12. The maximum Gasteiger partial charge on any atom is 0.351 e. The van der Waals surface area contributed by atoms with Crippen molar-refractivity contribution in [3.05, 3.63) is 24.2 Å². The lowest BCUT2D eigenvalue weighted by Crippen LogP contribution is -2.20. The van der Waals surface area contributed by atoms with Gasteiger partial charge in [-0.1, -0.05) is 0 Å². The Balaban J connectivity index is 1.80. The third-order valence-electron chi connectivity index (χ3n) is 3.41. The summed E-state index contributed by atoms with van der Waals surface area (Å²) in [6.45, 7) is 0. The Kier molecular flexibility index (Phi) is 3.06. The second-order valence-electron chi connectivity index (χ2n) is 5.06. The molecule has 0 radical (unpaired) electrons. The number of rotatable bonds is 5. The first kappa shape index (κ1) is 13.5. The van der Waals surface area contributed by atoms with Crippen LogP contribution >= 0.6 is 7.60 Å². The van der Waals surface area contributed by atoms with Crippen LogP contribution < -0.4 is 5.73 Å². The lowest BCUT2D eigenvalue weighted by atomic mass is 10.2. The fourth-order valence-electron chi connectivity index (χ4n) is 2.20.